The van der Waals surface area contributed by atoms with Crippen LogP contribution in [-0.2, 0) is 11.2 Å². The second-order valence-corrected chi connectivity index (χ2v) is 6.06. The van der Waals surface area contributed by atoms with E-state index in [2.05, 4.69) is 34.5 Å². The molecular weight excluding hydrogens is 284 g/mol. The van der Waals surface area contributed by atoms with E-state index >= 15 is 0 Å². The summed E-state index contributed by atoms with van der Waals surface area (Å²) in [5, 5.41) is 3.21. The van der Waals surface area contributed by atoms with Gasteiger partial charge in [0, 0.05) is 25.7 Å². The summed E-state index contributed by atoms with van der Waals surface area (Å²) in [6.07, 6.45) is 5.93. The largest absolute Gasteiger partial charge is 0.339 e. The molecule has 1 aliphatic heterocycles. The molecule has 116 valence electrons. The quantitative estimate of drug-likeness (QED) is 0.907. The van der Waals surface area contributed by atoms with Gasteiger partial charge in [-0.15, -0.1) is 12.4 Å². The first kappa shape index (κ1) is 16.3. The number of carbonyl (C=O) groups is 1. The molecule has 0 spiro atoms. The molecule has 3 nitrogen and oxygen atoms in total. The van der Waals surface area contributed by atoms with Crippen LogP contribution < -0.4 is 5.32 Å². The maximum atomic E-state index is 12.6. The molecule has 1 saturated heterocycles. The van der Waals surface area contributed by atoms with Crippen molar-refractivity contribution < 1.29 is 4.79 Å². The number of hydrogen-bond acceptors (Lipinski definition) is 2. The topological polar surface area (TPSA) is 32.3 Å². The number of nitrogens with zero attached hydrogens (tertiary/aromatic N) is 1. The lowest BCUT2D eigenvalue weighted by Crippen LogP contribution is -2.54. The van der Waals surface area contributed by atoms with Crippen LogP contribution in [0.2, 0.25) is 0 Å². The van der Waals surface area contributed by atoms with E-state index in [1.54, 1.807) is 0 Å². The van der Waals surface area contributed by atoms with Crippen molar-refractivity contribution in [1.29, 1.82) is 0 Å². The van der Waals surface area contributed by atoms with E-state index in [-0.39, 0.29) is 18.3 Å². The molecule has 1 saturated carbocycles. The lowest BCUT2D eigenvalue weighted by atomic mass is 9.99. The fourth-order valence-corrected chi connectivity index (χ4v) is 3.28. The average Bonchev–Trinajstić information content (AvgIpc) is 2.92. The van der Waals surface area contributed by atoms with Crippen molar-refractivity contribution in [2.24, 2.45) is 5.92 Å². The first-order valence-electron chi connectivity index (χ1n) is 7.90. The van der Waals surface area contributed by atoms with Crippen molar-refractivity contribution in [3.63, 3.8) is 0 Å². The minimum atomic E-state index is 0. The monoisotopic (exact) mass is 308 g/mol. The van der Waals surface area contributed by atoms with Gasteiger partial charge in [0.25, 0.3) is 0 Å². The Bertz CT molecular complexity index is 441. The summed E-state index contributed by atoms with van der Waals surface area (Å²) in [7, 11) is 0. The van der Waals surface area contributed by atoms with Gasteiger partial charge in [-0.05, 0) is 24.8 Å². The molecule has 0 bridgehead atoms. The highest BCUT2D eigenvalue weighted by Crippen LogP contribution is 2.25. The van der Waals surface area contributed by atoms with Crippen molar-refractivity contribution in [3.05, 3.63) is 35.9 Å². The fourth-order valence-electron chi connectivity index (χ4n) is 3.28. The van der Waals surface area contributed by atoms with E-state index in [0.29, 0.717) is 11.9 Å². The zero-order valence-corrected chi connectivity index (χ0v) is 13.3. The van der Waals surface area contributed by atoms with Crippen molar-refractivity contribution in [3.8, 4) is 0 Å². The summed E-state index contributed by atoms with van der Waals surface area (Å²) >= 11 is 0. The number of hydrogen-bond donors (Lipinski definition) is 1. The second-order valence-electron chi connectivity index (χ2n) is 6.06. The van der Waals surface area contributed by atoms with Gasteiger partial charge in [0.1, 0.15) is 0 Å². The van der Waals surface area contributed by atoms with Gasteiger partial charge >= 0.3 is 0 Å². The average molecular weight is 309 g/mol. The van der Waals surface area contributed by atoms with Gasteiger partial charge < -0.3 is 10.2 Å². The van der Waals surface area contributed by atoms with Gasteiger partial charge in [0.05, 0.1) is 5.92 Å². The molecule has 0 unspecified atom stereocenters. The lowest BCUT2D eigenvalue weighted by Gasteiger charge is -2.36. The zero-order chi connectivity index (χ0) is 13.8. The third-order valence-corrected chi connectivity index (χ3v) is 4.66. The van der Waals surface area contributed by atoms with Crippen LogP contribution in [0.3, 0.4) is 0 Å². The molecule has 4 heteroatoms. The molecule has 1 aromatic rings. The van der Waals surface area contributed by atoms with Crippen LogP contribution in [-0.4, -0.2) is 36.5 Å². The molecule has 1 aromatic carbocycles. The van der Waals surface area contributed by atoms with Crippen molar-refractivity contribution >= 4 is 18.3 Å². The van der Waals surface area contributed by atoms with Gasteiger partial charge in [-0.25, -0.2) is 0 Å². The summed E-state index contributed by atoms with van der Waals surface area (Å²) in [4.78, 5) is 14.8. The zero-order valence-electron chi connectivity index (χ0n) is 12.5. The number of nitrogens with one attached hydrogen (secondary N) is 1. The Balaban J connectivity index is 0.00000161. The maximum Gasteiger partial charge on any atom is 0.228 e. The van der Waals surface area contributed by atoms with Gasteiger partial charge in [0.15, 0.2) is 0 Å². The van der Waals surface area contributed by atoms with Gasteiger partial charge in [0.2, 0.25) is 5.91 Å². The van der Waals surface area contributed by atoms with E-state index in [0.717, 1.165) is 26.1 Å². The Hall–Kier alpha value is -1.06. The summed E-state index contributed by atoms with van der Waals surface area (Å²) in [6, 6.07) is 11.0. The highest BCUT2D eigenvalue weighted by Gasteiger charge is 2.33. The van der Waals surface area contributed by atoms with Crippen LogP contribution >= 0.6 is 12.4 Å². The summed E-state index contributed by atoms with van der Waals surface area (Å²) in [5.41, 5.74) is 1.33. The number of carbonyl (C=O) groups excluding carboxylic acids is 1. The van der Waals surface area contributed by atoms with Crippen LogP contribution in [0.4, 0.5) is 0 Å². The minimum absolute atomic E-state index is 0. The Kier molecular flexibility index (Phi) is 6.07. The van der Waals surface area contributed by atoms with Crippen LogP contribution in [0.15, 0.2) is 30.3 Å². The molecule has 1 aliphatic carbocycles. The second kappa shape index (κ2) is 7.81. The maximum absolute atomic E-state index is 12.6. The van der Waals surface area contributed by atoms with Crippen LogP contribution in [0, 0.1) is 5.92 Å². The SMILES string of the molecule is Cl.O=C(C1CNC1)N(CCc1ccccc1)C1CCCC1. The van der Waals surface area contributed by atoms with E-state index < -0.39 is 0 Å². The molecule has 0 radical (unpaired) electrons. The van der Waals surface area contributed by atoms with E-state index in [1.807, 2.05) is 6.07 Å². The number of benzene rings is 1. The first-order chi connectivity index (χ1) is 9.84. The number of rotatable bonds is 5. The third-order valence-electron chi connectivity index (χ3n) is 4.66. The lowest BCUT2D eigenvalue weighted by molar-refractivity contribution is -0.139. The molecule has 0 aromatic heterocycles. The van der Waals surface area contributed by atoms with Crippen molar-refractivity contribution in [2.45, 2.75) is 38.1 Å². The number of amides is 1. The molecule has 2 aliphatic rings. The predicted octanol–water partition coefficient (Wildman–Crippen LogP) is 2.64. The van der Waals surface area contributed by atoms with Gasteiger partial charge in [-0.3, -0.25) is 4.79 Å². The smallest absolute Gasteiger partial charge is 0.228 e. The molecule has 21 heavy (non-hydrogen) atoms. The molecule has 1 N–H and O–H groups in total. The first-order valence-corrected chi connectivity index (χ1v) is 7.90. The molecule has 1 heterocycles. The molecule has 0 atom stereocenters. The van der Waals surface area contributed by atoms with E-state index in [9.17, 15) is 4.79 Å². The minimum Gasteiger partial charge on any atom is -0.339 e. The highest BCUT2D eigenvalue weighted by molar-refractivity contribution is 5.85. The molecule has 3 rings (SSSR count). The molecule has 2 fully saturated rings. The summed E-state index contributed by atoms with van der Waals surface area (Å²) < 4.78 is 0. The van der Waals surface area contributed by atoms with E-state index in [4.69, 9.17) is 0 Å². The Morgan fingerprint density at radius 2 is 1.81 bits per heavy atom. The third kappa shape index (κ3) is 3.98. The standard InChI is InChI=1S/C17H24N2O.ClH/c20-17(15-12-18-13-15)19(16-8-4-5-9-16)11-10-14-6-2-1-3-7-14;/h1-3,6-7,15-16,18H,4-5,8-13H2;1H. The van der Waals surface area contributed by atoms with E-state index in [1.165, 1.54) is 31.2 Å². The Morgan fingerprint density at radius 1 is 1.14 bits per heavy atom. The fraction of sp³-hybridized carbons (Fsp3) is 0.588. The molecular formula is C17H25ClN2O. The summed E-state index contributed by atoms with van der Waals surface area (Å²) in [6.45, 7) is 2.62. The van der Waals surface area contributed by atoms with Gasteiger partial charge in [-0.1, -0.05) is 43.2 Å². The van der Waals surface area contributed by atoms with Crippen molar-refractivity contribution in [1.82, 2.24) is 10.2 Å². The molecule has 1 amide bonds. The van der Waals surface area contributed by atoms with Gasteiger partial charge in [-0.2, -0.15) is 0 Å². The normalized spacial score (nSPS) is 18.9. The number of halogens is 1. The van der Waals surface area contributed by atoms with Crippen molar-refractivity contribution in [2.75, 3.05) is 19.6 Å². The van der Waals surface area contributed by atoms with Crippen LogP contribution in [0.25, 0.3) is 0 Å². The Labute approximate surface area is 133 Å². The van der Waals surface area contributed by atoms with Crippen LogP contribution in [0.1, 0.15) is 31.2 Å². The highest BCUT2D eigenvalue weighted by atomic mass is 35.5. The summed E-state index contributed by atoms with van der Waals surface area (Å²) in [5.74, 6) is 0.609. The predicted molar refractivity (Wildman–Crippen MR) is 87.7 cm³/mol. The van der Waals surface area contributed by atoms with Crippen LogP contribution in [0.5, 0.6) is 0 Å². The Morgan fingerprint density at radius 3 is 2.38 bits per heavy atom.